The van der Waals surface area contributed by atoms with Gasteiger partial charge in [-0.3, -0.25) is 0 Å². The second kappa shape index (κ2) is 5.58. The van der Waals surface area contributed by atoms with Crippen molar-refractivity contribution in [2.45, 2.75) is 38.1 Å². The normalized spacial score (nSPS) is 28.2. The standard InChI is InChI=1S/C10H21NO2/c1-2-7-13-8-5-10(9-12)4-3-6-11-10/h11-12H,2-9H2,1H3. The Hall–Kier alpha value is -0.120. The molecule has 0 bridgehead atoms. The molecule has 3 heteroatoms. The summed E-state index contributed by atoms with van der Waals surface area (Å²) in [7, 11) is 0. The van der Waals surface area contributed by atoms with Crippen LogP contribution < -0.4 is 5.32 Å². The first-order chi connectivity index (χ1) is 6.33. The number of nitrogens with one attached hydrogen (secondary N) is 1. The van der Waals surface area contributed by atoms with Gasteiger partial charge in [-0.25, -0.2) is 0 Å². The molecule has 0 aromatic carbocycles. The molecule has 0 spiro atoms. The molecule has 1 fully saturated rings. The van der Waals surface area contributed by atoms with Gasteiger partial charge in [0.15, 0.2) is 0 Å². The largest absolute Gasteiger partial charge is 0.394 e. The van der Waals surface area contributed by atoms with Crippen molar-refractivity contribution in [1.82, 2.24) is 5.32 Å². The van der Waals surface area contributed by atoms with E-state index in [0.717, 1.165) is 39.0 Å². The van der Waals surface area contributed by atoms with Gasteiger partial charge in [-0.15, -0.1) is 0 Å². The molecule has 1 saturated heterocycles. The molecule has 1 heterocycles. The molecular formula is C10H21NO2. The highest BCUT2D eigenvalue weighted by Crippen LogP contribution is 2.22. The number of hydrogen-bond acceptors (Lipinski definition) is 3. The van der Waals surface area contributed by atoms with Crippen molar-refractivity contribution in [3.05, 3.63) is 0 Å². The van der Waals surface area contributed by atoms with E-state index < -0.39 is 0 Å². The third kappa shape index (κ3) is 3.25. The van der Waals surface area contributed by atoms with Gasteiger partial charge in [0.05, 0.1) is 6.61 Å². The van der Waals surface area contributed by atoms with Crippen molar-refractivity contribution in [3.63, 3.8) is 0 Å². The van der Waals surface area contributed by atoms with Crippen LogP contribution in [0.3, 0.4) is 0 Å². The second-order valence-electron chi connectivity index (χ2n) is 3.83. The molecule has 2 N–H and O–H groups in total. The predicted octanol–water partition coefficient (Wildman–Crippen LogP) is 0.918. The molecule has 1 aliphatic heterocycles. The number of rotatable bonds is 6. The van der Waals surface area contributed by atoms with E-state index in [0.29, 0.717) is 0 Å². The third-order valence-electron chi connectivity index (χ3n) is 2.71. The van der Waals surface area contributed by atoms with Gasteiger partial charge >= 0.3 is 0 Å². The summed E-state index contributed by atoms with van der Waals surface area (Å²) in [6.45, 7) is 4.98. The van der Waals surface area contributed by atoms with Crippen molar-refractivity contribution in [2.75, 3.05) is 26.4 Å². The first-order valence-electron chi connectivity index (χ1n) is 5.26. The summed E-state index contributed by atoms with van der Waals surface area (Å²) in [4.78, 5) is 0. The Kier molecular flexibility index (Phi) is 4.70. The van der Waals surface area contributed by atoms with Crippen molar-refractivity contribution in [3.8, 4) is 0 Å². The molecule has 1 aliphatic rings. The Morgan fingerprint density at radius 3 is 2.85 bits per heavy atom. The maximum atomic E-state index is 9.26. The Balaban J connectivity index is 2.16. The Bertz CT molecular complexity index is 133. The zero-order valence-electron chi connectivity index (χ0n) is 8.51. The SMILES string of the molecule is CCCOCCC1(CO)CCCN1. The molecular weight excluding hydrogens is 166 g/mol. The zero-order chi connectivity index (χ0) is 9.57. The number of aliphatic hydroxyl groups is 1. The fourth-order valence-corrected chi connectivity index (χ4v) is 1.81. The summed E-state index contributed by atoms with van der Waals surface area (Å²) in [5.74, 6) is 0. The van der Waals surface area contributed by atoms with Gasteiger partial charge in [0.2, 0.25) is 0 Å². The van der Waals surface area contributed by atoms with Crippen LogP contribution in [0.1, 0.15) is 32.6 Å². The average Bonchev–Trinajstić information content (AvgIpc) is 2.62. The van der Waals surface area contributed by atoms with Crippen LogP contribution in [0.5, 0.6) is 0 Å². The van der Waals surface area contributed by atoms with Gasteiger partial charge in [0, 0.05) is 18.8 Å². The average molecular weight is 187 g/mol. The van der Waals surface area contributed by atoms with Crippen molar-refractivity contribution in [2.24, 2.45) is 0 Å². The molecule has 13 heavy (non-hydrogen) atoms. The van der Waals surface area contributed by atoms with E-state index in [-0.39, 0.29) is 12.1 Å². The number of hydrogen-bond donors (Lipinski definition) is 2. The molecule has 0 aromatic rings. The molecule has 1 atom stereocenters. The van der Waals surface area contributed by atoms with E-state index in [2.05, 4.69) is 12.2 Å². The van der Waals surface area contributed by atoms with Gasteiger partial charge in [-0.05, 0) is 32.2 Å². The van der Waals surface area contributed by atoms with E-state index in [1.54, 1.807) is 0 Å². The molecule has 0 amide bonds. The van der Waals surface area contributed by atoms with Crippen LogP contribution in [0.2, 0.25) is 0 Å². The lowest BCUT2D eigenvalue weighted by atomic mass is 9.95. The minimum absolute atomic E-state index is 0.0340. The second-order valence-corrected chi connectivity index (χ2v) is 3.83. The number of ether oxygens (including phenoxy) is 1. The van der Waals surface area contributed by atoms with Crippen LogP contribution in [0.15, 0.2) is 0 Å². The molecule has 1 rings (SSSR count). The van der Waals surface area contributed by atoms with Crippen molar-refractivity contribution < 1.29 is 9.84 Å². The summed E-state index contributed by atoms with van der Waals surface area (Å²) in [5.41, 5.74) is -0.0340. The summed E-state index contributed by atoms with van der Waals surface area (Å²) >= 11 is 0. The van der Waals surface area contributed by atoms with E-state index >= 15 is 0 Å². The highest BCUT2D eigenvalue weighted by atomic mass is 16.5. The first-order valence-corrected chi connectivity index (χ1v) is 5.26. The lowest BCUT2D eigenvalue weighted by Gasteiger charge is -2.26. The minimum atomic E-state index is -0.0340. The summed E-state index contributed by atoms with van der Waals surface area (Å²) in [5, 5.41) is 12.6. The fourth-order valence-electron chi connectivity index (χ4n) is 1.81. The Labute approximate surface area is 80.5 Å². The van der Waals surface area contributed by atoms with E-state index in [1.165, 1.54) is 6.42 Å². The minimum Gasteiger partial charge on any atom is -0.394 e. The Morgan fingerprint density at radius 2 is 2.31 bits per heavy atom. The maximum absolute atomic E-state index is 9.26. The molecule has 78 valence electrons. The van der Waals surface area contributed by atoms with Crippen LogP contribution in [-0.2, 0) is 4.74 Å². The molecule has 0 radical (unpaired) electrons. The number of aliphatic hydroxyl groups excluding tert-OH is 1. The molecule has 0 saturated carbocycles. The van der Waals surface area contributed by atoms with Crippen LogP contribution in [0, 0.1) is 0 Å². The van der Waals surface area contributed by atoms with Crippen LogP contribution in [0.25, 0.3) is 0 Å². The first kappa shape index (κ1) is 11.0. The summed E-state index contributed by atoms with van der Waals surface area (Å²) < 4.78 is 5.42. The fraction of sp³-hybridized carbons (Fsp3) is 1.00. The topological polar surface area (TPSA) is 41.5 Å². The lowest BCUT2D eigenvalue weighted by Crippen LogP contribution is -2.44. The van der Waals surface area contributed by atoms with Gasteiger partial charge in [-0.1, -0.05) is 6.92 Å². The lowest BCUT2D eigenvalue weighted by molar-refractivity contribution is 0.0879. The van der Waals surface area contributed by atoms with Crippen LogP contribution in [-0.4, -0.2) is 37.0 Å². The molecule has 3 nitrogen and oxygen atoms in total. The summed E-state index contributed by atoms with van der Waals surface area (Å²) in [6, 6.07) is 0. The van der Waals surface area contributed by atoms with Gasteiger partial charge in [-0.2, -0.15) is 0 Å². The van der Waals surface area contributed by atoms with Gasteiger partial charge in [0.25, 0.3) is 0 Å². The third-order valence-corrected chi connectivity index (χ3v) is 2.71. The van der Waals surface area contributed by atoms with Crippen molar-refractivity contribution in [1.29, 1.82) is 0 Å². The van der Waals surface area contributed by atoms with E-state index in [1.807, 2.05) is 0 Å². The van der Waals surface area contributed by atoms with Crippen molar-refractivity contribution >= 4 is 0 Å². The van der Waals surface area contributed by atoms with Gasteiger partial charge < -0.3 is 15.2 Å². The summed E-state index contributed by atoms with van der Waals surface area (Å²) in [6.07, 6.45) is 4.26. The van der Waals surface area contributed by atoms with Gasteiger partial charge in [0.1, 0.15) is 0 Å². The smallest absolute Gasteiger partial charge is 0.0614 e. The van der Waals surface area contributed by atoms with Crippen LogP contribution in [0.4, 0.5) is 0 Å². The monoisotopic (exact) mass is 187 g/mol. The highest BCUT2D eigenvalue weighted by molar-refractivity contribution is 4.92. The Morgan fingerprint density at radius 1 is 1.46 bits per heavy atom. The highest BCUT2D eigenvalue weighted by Gasteiger charge is 2.31. The molecule has 1 unspecified atom stereocenters. The quantitative estimate of drug-likeness (QED) is 0.607. The van der Waals surface area contributed by atoms with E-state index in [4.69, 9.17) is 4.74 Å². The molecule has 0 aromatic heterocycles. The van der Waals surface area contributed by atoms with E-state index in [9.17, 15) is 5.11 Å². The maximum Gasteiger partial charge on any atom is 0.0614 e. The van der Waals surface area contributed by atoms with Crippen LogP contribution >= 0.6 is 0 Å². The zero-order valence-corrected chi connectivity index (χ0v) is 8.51. The predicted molar refractivity (Wildman–Crippen MR) is 52.8 cm³/mol. The molecule has 0 aliphatic carbocycles.